The second kappa shape index (κ2) is 6.35. The molecule has 4 heteroatoms. The van der Waals surface area contributed by atoms with Gasteiger partial charge in [-0.1, -0.05) is 37.3 Å². The second-order valence-corrected chi connectivity index (χ2v) is 5.16. The fourth-order valence-corrected chi connectivity index (χ4v) is 2.75. The van der Waals surface area contributed by atoms with E-state index in [-0.39, 0.29) is 11.9 Å². The van der Waals surface area contributed by atoms with Crippen molar-refractivity contribution >= 4 is 5.91 Å². The molecule has 19 heavy (non-hydrogen) atoms. The molecule has 1 aliphatic heterocycles. The molecule has 0 spiro atoms. The molecule has 1 fully saturated rings. The van der Waals surface area contributed by atoms with Gasteiger partial charge in [0.15, 0.2) is 6.19 Å². The van der Waals surface area contributed by atoms with E-state index in [9.17, 15) is 4.79 Å². The molecule has 2 unspecified atom stereocenters. The highest BCUT2D eigenvalue weighted by molar-refractivity contribution is 5.84. The summed E-state index contributed by atoms with van der Waals surface area (Å²) in [5, 5.41) is 11.0. The van der Waals surface area contributed by atoms with Gasteiger partial charge in [-0.3, -0.25) is 15.0 Å². The summed E-state index contributed by atoms with van der Waals surface area (Å²) < 4.78 is 0. The van der Waals surface area contributed by atoms with Crippen LogP contribution < -0.4 is 5.32 Å². The Balaban J connectivity index is 2.24. The third kappa shape index (κ3) is 3.33. The lowest BCUT2D eigenvalue weighted by atomic mass is 9.96. The van der Waals surface area contributed by atoms with Gasteiger partial charge in [-0.05, 0) is 30.9 Å². The minimum atomic E-state index is -0.358. The molecule has 1 aromatic carbocycles. The third-order valence-electron chi connectivity index (χ3n) is 3.60. The smallest absolute Gasteiger partial charge is 0.254 e. The number of nitrogens with zero attached hydrogens (tertiary/aromatic N) is 2. The topological polar surface area (TPSA) is 56.1 Å². The minimum absolute atomic E-state index is 0.234. The van der Waals surface area contributed by atoms with Crippen molar-refractivity contribution < 1.29 is 4.79 Å². The highest BCUT2D eigenvalue weighted by Gasteiger charge is 2.30. The quantitative estimate of drug-likeness (QED) is 0.666. The number of rotatable bonds is 3. The highest BCUT2D eigenvalue weighted by atomic mass is 16.2. The zero-order chi connectivity index (χ0) is 13.7. The monoisotopic (exact) mass is 257 g/mol. The summed E-state index contributed by atoms with van der Waals surface area (Å²) in [7, 11) is 0. The fourth-order valence-electron chi connectivity index (χ4n) is 2.75. The summed E-state index contributed by atoms with van der Waals surface area (Å²) in [6, 6.07) is 9.32. The van der Waals surface area contributed by atoms with Gasteiger partial charge in [0.2, 0.25) is 0 Å². The molecule has 1 saturated heterocycles. The zero-order valence-electron chi connectivity index (χ0n) is 11.2. The summed E-state index contributed by atoms with van der Waals surface area (Å²) in [6.07, 6.45) is 4.05. The molecule has 2 rings (SSSR count). The van der Waals surface area contributed by atoms with E-state index in [1.54, 1.807) is 6.19 Å². The van der Waals surface area contributed by atoms with E-state index in [1.165, 1.54) is 6.42 Å². The molecule has 1 N–H and O–H groups in total. The van der Waals surface area contributed by atoms with E-state index in [0.29, 0.717) is 5.92 Å². The van der Waals surface area contributed by atoms with E-state index in [2.05, 4.69) is 17.1 Å². The summed E-state index contributed by atoms with van der Waals surface area (Å²) in [6.45, 7) is 4.01. The van der Waals surface area contributed by atoms with Crippen molar-refractivity contribution in [3.05, 3.63) is 35.9 Å². The van der Waals surface area contributed by atoms with Gasteiger partial charge in [0.25, 0.3) is 5.91 Å². The van der Waals surface area contributed by atoms with Crippen LogP contribution in [0.25, 0.3) is 0 Å². The normalized spacial score (nSPS) is 21.4. The Hall–Kier alpha value is -1.86. The standard InChI is InChI=1S/C15H19N3O/c1-12-6-5-9-18(10-12)14(15(19)17-11-16)13-7-3-2-4-8-13/h2-4,7-8,12,14H,5-6,9-10H2,1H3,(H,17,19). The first-order chi connectivity index (χ1) is 9.22. The number of hydrogen-bond donors (Lipinski definition) is 1. The van der Waals surface area contributed by atoms with Gasteiger partial charge in [0.05, 0.1) is 0 Å². The molecule has 0 aliphatic carbocycles. The molecule has 0 saturated carbocycles. The van der Waals surface area contributed by atoms with Crippen LogP contribution in [0, 0.1) is 17.4 Å². The van der Waals surface area contributed by atoms with Gasteiger partial charge in [-0.15, -0.1) is 0 Å². The Bertz CT molecular complexity index is 466. The van der Waals surface area contributed by atoms with Crippen LogP contribution in [0.1, 0.15) is 31.4 Å². The first kappa shape index (κ1) is 13.6. The molecule has 0 aromatic heterocycles. The molecule has 1 aliphatic rings. The van der Waals surface area contributed by atoms with Crippen LogP contribution >= 0.6 is 0 Å². The van der Waals surface area contributed by atoms with Crippen molar-refractivity contribution in [1.29, 1.82) is 5.26 Å². The summed E-state index contributed by atoms with van der Waals surface area (Å²) in [4.78, 5) is 14.4. The molecule has 1 heterocycles. The van der Waals surface area contributed by atoms with Crippen LogP contribution in [0.2, 0.25) is 0 Å². The van der Waals surface area contributed by atoms with Crippen molar-refractivity contribution in [2.24, 2.45) is 5.92 Å². The summed E-state index contributed by atoms with van der Waals surface area (Å²) in [5.74, 6) is 0.359. The average Bonchev–Trinajstić information content (AvgIpc) is 2.40. The van der Waals surface area contributed by atoms with Crippen molar-refractivity contribution in [3.63, 3.8) is 0 Å². The van der Waals surface area contributed by atoms with Crippen LogP contribution in [0.3, 0.4) is 0 Å². The Labute approximate surface area is 114 Å². The number of hydrogen-bond acceptors (Lipinski definition) is 3. The Kier molecular flexibility index (Phi) is 4.53. The number of nitriles is 1. The number of carbonyl (C=O) groups is 1. The summed E-state index contributed by atoms with van der Waals surface area (Å²) >= 11 is 0. The van der Waals surface area contributed by atoms with Crippen molar-refractivity contribution in [2.75, 3.05) is 13.1 Å². The largest absolute Gasteiger partial charge is 0.288 e. The van der Waals surface area contributed by atoms with Gasteiger partial charge in [0, 0.05) is 6.54 Å². The average molecular weight is 257 g/mol. The fraction of sp³-hybridized carbons (Fsp3) is 0.467. The van der Waals surface area contributed by atoms with E-state index >= 15 is 0 Å². The van der Waals surface area contributed by atoms with Crippen LogP contribution in [0.15, 0.2) is 30.3 Å². The molecular weight excluding hydrogens is 238 g/mol. The number of likely N-dealkylation sites (tertiary alicyclic amines) is 1. The maximum atomic E-state index is 12.2. The molecule has 1 amide bonds. The van der Waals surface area contributed by atoms with E-state index in [0.717, 1.165) is 25.1 Å². The second-order valence-electron chi connectivity index (χ2n) is 5.16. The molecule has 2 atom stereocenters. The van der Waals surface area contributed by atoms with Gasteiger partial charge in [-0.2, -0.15) is 5.26 Å². The zero-order valence-corrected chi connectivity index (χ0v) is 11.2. The van der Waals surface area contributed by atoms with E-state index in [4.69, 9.17) is 5.26 Å². The molecule has 0 bridgehead atoms. The lowest BCUT2D eigenvalue weighted by molar-refractivity contribution is -0.126. The number of amides is 1. The third-order valence-corrected chi connectivity index (χ3v) is 3.60. The SMILES string of the molecule is CC1CCCN(C(C(=O)NC#N)c2ccccc2)C1. The van der Waals surface area contributed by atoms with Gasteiger partial charge in [0.1, 0.15) is 6.04 Å². The Morgan fingerprint density at radius 2 is 2.21 bits per heavy atom. The van der Waals surface area contributed by atoms with E-state index in [1.807, 2.05) is 30.3 Å². The highest BCUT2D eigenvalue weighted by Crippen LogP contribution is 2.26. The first-order valence-corrected chi connectivity index (χ1v) is 6.70. The number of carbonyl (C=O) groups excluding carboxylic acids is 1. The van der Waals surface area contributed by atoms with Gasteiger partial charge in [-0.25, -0.2) is 0 Å². The maximum Gasteiger partial charge on any atom is 0.254 e. The Morgan fingerprint density at radius 1 is 1.47 bits per heavy atom. The van der Waals surface area contributed by atoms with Crippen LogP contribution in [0.4, 0.5) is 0 Å². The van der Waals surface area contributed by atoms with Gasteiger partial charge < -0.3 is 0 Å². The van der Waals surface area contributed by atoms with E-state index < -0.39 is 0 Å². The molecular formula is C15H19N3O. The number of nitrogens with one attached hydrogen (secondary N) is 1. The molecule has 4 nitrogen and oxygen atoms in total. The Morgan fingerprint density at radius 3 is 2.84 bits per heavy atom. The molecule has 1 aromatic rings. The van der Waals surface area contributed by atoms with Gasteiger partial charge >= 0.3 is 0 Å². The predicted molar refractivity (Wildman–Crippen MR) is 72.9 cm³/mol. The maximum absolute atomic E-state index is 12.2. The summed E-state index contributed by atoms with van der Waals surface area (Å²) in [5.41, 5.74) is 0.948. The number of benzene rings is 1. The van der Waals surface area contributed by atoms with Crippen molar-refractivity contribution in [1.82, 2.24) is 10.2 Å². The molecule has 100 valence electrons. The predicted octanol–water partition coefficient (Wildman–Crippen LogP) is 2.06. The lowest BCUT2D eigenvalue weighted by Gasteiger charge is -2.36. The first-order valence-electron chi connectivity index (χ1n) is 6.70. The van der Waals surface area contributed by atoms with Crippen molar-refractivity contribution in [3.8, 4) is 6.19 Å². The van der Waals surface area contributed by atoms with Crippen LogP contribution in [-0.2, 0) is 4.79 Å². The van der Waals surface area contributed by atoms with Crippen LogP contribution in [-0.4, -0.2) is 23.9 Å². The molecule has 0 radical (unpaired) electrons. The minimum Gasteiger partial charge on any atom is -0.288 e. The number of piperidine rings is 1. The van der Waals surface area contributed by atoms with Crippen molar-refractivity contribution in [2.45, 2.75) is 25.8 Å². The lowest BCUT2D eigenvalue weighted by Crippen LogP contribution is -2.43. The van der Waals surface area contributed by atoms with Crippen LogP contribution in [0.5, 0.6) is 0 Å².